The van der Waals surface area contributed by atoms with Gasteiger partial charge in [-0.15, -0.1) is 11.8 Å². The number of carboxylic acids is 1. The van der Waals surface area contributed by atoms with Crippen LogP contribution in [-0.2, 0) is 19.1 Å². The number of nitrogens with one attached hydrogen (secondary N) is 1. The minimum absolute atomic E-state index is 0.0805. The SMILES string of the molecule is CC(=O)O[C@H](C)OC(=O)NC[C@H](SC(C)(C)C)C(=O)O. The summed E-state index contributed by atoms with van der Waals surface area (Å²) in [6.07, 6.45) is -1.86. The molecule has 0 fully saturated rings. The smallest absolute Gasteiger partial charge is 0.410 e. The van der Waals surface area contributed by atoms with Crippen LogP contribution in [0.2, 0.25) is 0 Å². The van der Waals surface area contributed by atoms with Crippen LogP contribution in [0, 0.1) is 0 Å². The first-order valence-corrected chi connectivity index (χ1v) is 6.91. The van der Waals surface area contributed by atoms with Crippen LogP contribution in [-0.4, -0.2) is 46.0 Å². The van der Waals surface area contributed by atoms with Gasteiger partial charge in [-0.05, 0) is 0 Å². The quantitative estimate of drug-likeness (QED) is 0.567. The van der Waals surface area contributed by atoms with Gasteiger partial charge in [-0.25, -0.2) is 4.79 Å². The van der Waals surface area contributed by atoms with Crippen molar-refractivity contribution < 1.29 is 29.0 Å². The van der Waals surface area contributed by atoms with E-state index in [1.54, 1.807) is 0 Å². The minimum atomic E-state index is -1.02. The van der Waals surface area contributed by atoms with E-state index < -0.39 is 29.6 Å². The van der Waals surface area contributed by atoms with Crippen LogP contribution >= 0.6 is 11.8 Å². The summed E-state index contributed by atoms with van der Waals surface area (Å²) in [6, 6.07) is 0. The highest BCUT2D eigenvalue weighted by molar-refractivity contribution is 8.01. The van der Waals surface area contributed by atoms with E-state index in [0.717, 1.165) is 0 Å². The van der Waals surface area contributed by atoms with Crippen LogP contribution in [0.1, 0.15) is 34.6 Å². The largest absolute Gasteiger partial charge is 0.480 e. The summed E-state index contributed by atoms with van der Waals surface area (Å²) in [5.74, 6) is -1.59. The lowest BCUT2D eigenvalue weighted by Crippen LogP contribution is -2.38. The molecule has 0 spiro atoms. The fourth-order valence-electron chi connectivity index (χ4n) is 1.23. The molecule has 0 aromatic rings. The Morgan fingerprint density at radius 2 is 1.80 bits per heavy atom. The van der Waals surface area contributed by atoms with Crippen molar-refractivity contribution in [2.45, 2.75) is 50.9 Å². The van der Waals surface area contributed by atoms with Crippen molar-refractivity contribution in [3.8, 4) is 0 Å². The van der Waals surface area contributed by atoms with Crippen LogP contribution in [0.25, 0.3) is 0 Å². The molecule has 0 rings (SSSR count). The number of thioether (sulfide) groups is 1. The number of carboxylic acid groups (broad SMARTS) is 1. The first kappa shape index (κ1) is 18.6. The van der Waals surface area contributed by atoms with Crippen molar-refractivity contribution >= 4 is 29.8 Å². The van der Waals surface area contributed by atoms with Gasteiger partial charge in [0, 0.05) is 25.1 Å². The molecule has 0 aromatic heterocycles. The molecule has 0 radical (unpaired) electrons. The second-order valence-corrected chi connectivity index (χ2v) is 7.05. The van der Waals surface area contributed by atoms with Gasteiger partial charge in [0.15, 0.2) is 0 Å². The summed E-state index contributed by atoms with van der Waals surface area (Å²) in [6.45, 7) is 8.15. The molecule has 0 heterocycles. The molecule has 2 atom stereocenters. The molecule has 0 unspecified atom stereocenters. The fraction of sp³-hybridized carbons (Fsp3) is 0.750. The predicted molar refractivity (Wildman–Crippen MR) is 74.5 cm³/mol. The third kappa shape index (κ3) is 9.48. The molecule has 0 aliphatic heterocycles. The summed E-state index contributed by atoms with van der Waals surface area (Å²) < 4.78 is 9.09. The molecule has 0 saturated heterocycles. The summed E-state index contributed by atoms with van der Waals surface area (Å²) in [7, 11) is 0. The first-order valence-electron chi connectivity index (χ1n) is 6.03. The Labute approximate surface area is 122 Å². The van der Waals surface area contributed by atoms with E-state index in [-0.39, 0.29) is 11.3 Å². The van der Waals surface area contributed by atoms with Crippen LogP contribution in [0.15, 0.2) is 0 Å². The summed E-state index contributed by atoms with van der Waals surface area (Å²) in [5.41, 5.74) is 0. The average Bonchev–Trinajstić information content (AvgIpc) is 2.20. The lowest BCUT2D eigenvalue weighted by atomic mass is 10.3. The Balaban J connectivity index is 4.25. The van der Waals surface area contributed by atoms with Crippen LogP contribution < -0.4 is 5.32 Å². The Kier molecular flexibility index (Phi) is 7.41. The van der Waals surface area contributed by atoms with Gasteiger partial charge in [0.1, 0.15) is 5.25 Å². The molecule has 2 N–H and O–H groups in total. The van der Waals surface area contributed by atoms with E-state index in [1.165, 1.54) is 25.6 Å². The van der Waals surface area contributed by atoms with Crippen molar-refractivity contribution in [1.29, 1.82) is 0 Å². The molecule has 0 saturated carbocycles. The van der Waals surface area contributed by atoms with Gasteiger partial charge in [0.2, 0.25) is 6.29 Å². The lowest BCUT2D eigenvalue weighted by molar-refractivity contribution is -0.162. The second kappa shape index (κ2) is 7.98. The van der Waals surface area contributed by atoms with Gasteiger partial charge in [-0.2, -0.15) is 0 Å². The number of ether oxygens (including phenoxy) is 2. The Hall–Kier alpha value is -1.44. The Morgan fingerprint density at radius 1 is 1.25 bits per heavy atom. The number of alkyl carbamates (subject to hydrolysis) is 1. The molecule has 20 heavy (non-hydrogen) atoms. The van der Waals surface area contributed by atoms with Gasteiger partial charge in [-0.3, -0.25) is 9.59 Å². The van der Waals surface area contributed by atoms with Gasteiger partial charge in [0.25, 0.3) is 0 Å². The topological polar surface area (TPSA) is 102 Å². The first-order chi connectivity index (χ1) is 9.01. The lowest BCUT2D eigenvalue weighted by Gasteiger charge is -2.23. The number of aliphatic carboxylic acids is 1. The van der Waals surface area contributed by atoms with E-state index in [9.17, 15) is 14.4 Å². The maximum absolute atomic E-state index is 11.4. The Bertz CT molecular complexity index is 365. The highest BCUT2D eigenvalue weighted by Gasteiger charge is 2.26. The number of carbonyl (C=O) groups is 3. The molecule has 0 aromatic carbocycles. The highest BCUT2D eigenvalue weighted by atomic mass is 32.2. The van der Waals surface area contributed by atoms with E-state index in [1.807, 2.05) is 20.8 Å². The number of hydrogen-bond acceptors (Lipinski definition) is 6. The molecule has 1 amide bonds. The van der Waals surface area contributed by atoms with E-state index in [4.69, 9.17) is 9.84 Å². The number of amides is 1. The molecule has 7 nitrogen and oxygen atoms in total. The van der Waals surface area contributed by atoms with E-state index >= 15 is 0 Å². The molecule has 0 aliphatic rings. The van der Waals surface area contributed by atoms with Gasteiger partial charge in [-0.1, -0.05) is 20.8 Å². The Morgan fingerprint density at radius 3 is 2.20 bits per heavy atom. The minimum Gasteiger partial charge on any atom is -0.480 e. The van der Waals surface area contributed by atoms with Crippen LogP contribution in [0.4, 0.5) is 4.79 Å². The van der Waals surface area contributed by atoms with Crippen molar-refractivity contribution in [1.82, 2.24) is 5.32 Å². The van der Waals surface area contributed by atoms with Crippen molar-refractivity contribution in [3.63, 3.8) is 0 Å². The van der Waals surface area contributed by atoms with Gasteiger partial charge in [0.05, 0.1) is 0 Å². The van der Waals surface area contributed by atoms with Gasteiger partial charge >= 0.3 is 18.0 Å². The second-order valence-electron chi connectivity index (χ2n) is 5.02. The van der Waals surface area contributed by atoms with Crippen LogP contribution in [0.5, 0.6) is 0 Å². The van der Waals surface area contributed by atoms with E-state index in [2.05, 4.69) is 10.1 Å². The molecular weight excluding hydrogens is 286 g/mol. The fourth-order valence-corrected chi connectivity index (χ4v) is 2.35. The molecular formula is C12H21NO6S. The zero-order chi connectivity index (χ0) is 15.9. The third-order valence-corrected chi connectivity index (χ3v) is 3.17. The van der Waals surface area contributed by atoms with Crippen molar-refractivity contribution in [2.75, 3.05) is 6.54 Å². The standard InChI is InChI=1S/C12H21NO6S/c1-7(14)18-8(2)19-11(17)13-6-9(10(15)16)20-12(3,4)5/h8-9H,6H2,1-5H3,(H,13,17)(H,15,16)/t8-,9-/m0/s1. The number of esters is 1. The van der Waals surface area contributed by atoms with Crippen molar-refractivity contribution in [3.05, 3.63) is 0 Å². The third-order valence-electron chi connectivity index (χ3n) is 1.81. The number of hydrogen-bond donors (Lipinski definition) is 2. The molecule has 116 valence electrons. The maximum Gasteiger partial charge on any atom is 0.410 e. The van der Waals surface area contributed by atoms with Crippen LogP contribution in [0.3, 0.4) is 0 Å². The average molecular weight is 307 g/mol. The number of rotatable bonds is 6. The van der Waals surface area contributed by atoms with E-state index in [0.29, 0.717) is 0 Å². The summed E-state index contributed by atoms with van der Waals surface area (Å²) in [5, 5.41) is 10.6. The molecule has 8 heteroatoms. The zero-order valence-corrected chi connectivity index (χ0v) is 13.1. The highest BCUT2D eigenvalue weighted by Crippen LogP contribution is 2.27. The summed E-state index contributed by atoms with van der Waals surface area (Å²) in [4.78, 5) is 33.1. The zero-order valence-electron chi connectivity index (χ0n) is 12.3. The summed E-state index contributed by atoms with van der Waals surface area (Å²) >= 11 is 1.23. The van der Waals surface area contributed by atoms with Gasteiger partial charge < -0.3 is 19.9 Å². The maximum atomic E-state index is 11.4. The number of carbonyl (C=O) groups excluding carboxylic acids is 2. The van der Waals surface area contributed by atoms with Crippen molar-refractivity contribution in [2.24, 2.45) is 0 Å². The molecule has 0 aliphatic carbocycles. The predicted octanol–water partition coefficient (Wildman–Crippen LogP) is 1.61. The monoisotopic (exact) mass is 307 g/mol. The molecule has 0 bridgehead atoms. The normalized spacial score (nSPS) is 14.1.